The van der Waals surface area contributed by atoms with E-state index in [1.807, 2.05) is 18.2 Å². The van der Waals surface area contributed by atoms with Gasteiger partial charge in [0.1, 0.15) is 11.3 Å². The molecule has 2 aromatic heterocycles. The van der Waals surface area contributed by atoms with Gasteiger partial charge in [-0.1, -0.05) is 6.07 Å². The molecule has 1 N–H and O–H groups in total. The summed E-state index contributed by atoms with van der Waals surface area (Å²) in [6.45, 7) is 3.08. The van der Waals surface area contributed by atoms with Crippen molar-refractivity contribution >= 4 is 23.7 Å². The van der Waals surface area contributed by atoms with Gasteiger partial charge in [-0.3, -0.25) is 14.0 Å². The van der Waals surface area contributed by atoms with Crippen LogP contribution in [0.5, 0.6) is 11.5 Å². The number of amides is 1. The number of pyridine rings is 1. The van der Waals surface area contributed by atoms with Gasteiger partial charge in [0, 0.05) is 13.1 Å². The average Bonchev–Trinajstić information content (AvgIpc) is 2.98. The fourth-order valence-electron chi connectivity index (χ4n) is 2.61. The number of hydrogen-bond acceptors (Lipinski definition) is 6. The molecule has 2 heterocycles. The second-order valence-corrected chi connectivity index (χ2v) is 5.68. The molecule has 3 aromatic rings. The molecule has 138 valence electrons. The minimum Gasteiger partial charge on any atom is -0.493 e. The molecule has 0 aliphatic heterocycles. The summed E-state index contributed by atoms with van der Waals surface area (Å²) in [5.74, 6) is -0.109. The highest BCUT2D eigenvalue weighted by Gasteiger charge is 2.15. The van der Waals surface area contributed by atoms with Crippen molar-refractivity contribution in [3.8, 4) is 11.5 Å². The van der Waals surface area contributed by atoms with Crippen LogP contribution >= 0.6 is 0 Å². The highest BCUT2D eigenvalue weighted by molar-refractivity contribution is 5.95. The summed E-state index contributed by atoms with van der Waals surface area (Å²) in [5, 5.41) is 3.98. The van der Waals surface area contributed by atoms with Crippen LogP contribution in [0.15, 0.2) is 47.7 Å². The van der Waals surface area contributed by atoms with Gasteiger partial charge in [-0.05, 0) is 42.8 Å². The standard InChI is InChI=1S/C19H18N4O4/c1-12-18(23-9-5-4-6-17(23)21-12)19(25)22-20-11-14-7-8-15(27-13(2)24)16(10-14)26-3/h4-11H,1-3H3,(H,22,25)/b20-11-. The van der Waals surface area contributed by atoms with Crippen molar-refractivity contribution in [2.24, 2.45) is 5.10 Å². The molecule has 1 amide bonds. The number of fused-ring (bicyclic) bond motifs is 1. The van der Waals surface area contributed by atoms with Gasteiger partial charge < -0.3 is 9.47 Å². The maximum atomic E-state index is 12.5. The van der Waals surface area contributed by atoms with Crippen molar-refractivity contribution in [2.75, 3.05) is 7.11 Å². The smallest absolute Gasteiger partial charge is 0.308 e. The Hall–Kier alpha value is -3.68. The maximum Gasteiger partial charge on any atom is 0.308 e. The lowest BCUT2D eigenvalue weighted by molar-refractivity contribution is -0.132. The number of aromatic nitrogens is 2. The number of imidazole rings is 1. The molecule has 0 fully saturated rings. The highest BCUT2D eigenvalue weighted by Crippen LogP contribution is 2.27. The van der Waals surface area contributed by atoms with Crippen LogP contribution in [0.2, 0.25) is 0 Å². The largest absolute Gasteiger partial charge is 0.493 e. The summed E-state index contributed by atoms with van der Waals surface area (Å²) in [6, 6.07) is 10.4. The van der Waals surface area contributed by atoms with Crippen molar-refractivity contribution in [1.29, 1.82) is 0 Å². The number of methoxy groups -OCH3 is 1. The molecular formula is C19H18N4O4. The maximum absolute atomic E-state index is 12.5. The first-order chi connectivity index (χ1) is 13.0. The van der Waals surface area contributed by atoms with Gasteiger partial charge in [-0.25, -0.2) is 10.4 Å². The summed E-state index contributed by atoms with van der Waals surface area (Å²) in [6.07, 6.45) is 3.24. The molecule has 0 saturated carbocycles. The van der Waals surface area contributed by atoms with Gasteiger partial charge in [-0.2, -0.15) is 5.10 Å². The van der Waals surface area contributed by atoms with Crippen LogP contribution in [0.1, 0.15) is 28.7 Å². The van der Waals surface area contributed by atoms with E-state index < -0.39 is 5.97 Å². The molecule has 0 saturated heterocycles. The summed E-state index contributed by atoms with van der Waals surface area (Å²) in [7, 11) is 1.47. The fraction of sp³-hybridized carbons (Fsp3) is 0.158. The molecule has 0 aliphatic rings. The Bertz CT molecular complexity index is 1040. The van der Waals surface area contributed by atoms with Gasteiger partial charge >= 0.3 is 5.97 Å². The number of carbonyl (C=O) groups excluding carboxylic acids is 2. The Morgan fingerprint density at radius 2 is 2.04 bits per heavy atom. The predicted molar refractivity (Wildman–Crippen MR) is 99.3 cm³/mol. The van der Waals surface area contributed by atoms with E-state index in [1.165, 1.54) is 20.2 Å². The fourth-order valence-corrected chi connectivity index (χ4v) is 2.61. The number of nitrogens with zero attached hydrogens (tertiary/aromatic N) is 3. The normalized spacial score (nSPS) is 10.9. The molecule has 1 aromatic carbocycles. The number of ether oxygens (including phenoxy) is 2. The summed E-state index contributed by atoms with van der Waals surface area (Å²) in [4.78, 5) is 27.9. The van der Waals surface area contributed by atoms with Gasteiger partial charge in [0.05, 0.1) is 19.0 Å². The number of nitrogens with one attached hydrogen (secondary N) is 1. The van der Waals surface area contributed by atoms with Crippen molar-refractivity contribution in [3.63, 3.8) is 0 Å². The molecule has 0 bridgehead atoms. The van der Waals surface area contributed by atoms with E-state index >= 15 is 0 Å². The van der Waals surface area contributed by atoms with Gasteiger partial charge in [0.25, 0.3) is 5.91 Å². The van der Waals surface area contributed by atoms with Crippen molar-refractivity contribution in [3.05, 3.63) is 59.5 Å². The van der Waals surface area contributed by atoms with Crippen LogP contribution in [0.4, 0.5) is 0 Å². The third-order valence-electron chi connectivity index (χ3n) is 3.74. The number of hydrogen-bond donors (Lipinski definition) is 1. The van der Waals surface area contributed by atoms with Crippen LogP contribution in [0.25, 0.3) is 5.65 Å². The molecule has 0 radical (unpaired) electrons. The van der Waals surface area contributed by atoms with Crippen molar-refractivity contribution < 1.29 is 19.1 Å². The quantitative estimate of drug-likeness (QED) is 0.324. The average molecular weight is 366 g/mol. The van der Waals surface area contributed by atoms with Crippen LogP contribution in [0.3, 0.4) is 0 Å². The monoisotopic (exact) mass is 366 g/mol. The van der Waals surface area contributed by atoms with E-state index in [4.69, 9.17) is 9.47 Å². The zero-order valence-electron chi connectivity index (χ0n) is 15.1. The first kappa shape index (κ1) is 18.1. The summed E-state index contributed by atoms with van der Waals surface area (Å²) < 4.78 is 12.0. The Labute approximate surface area is 155 Å². The summed E-state index contributed by atoms with van der Waals surface area (Å²) >= 11 is 0. The first-order valence-electron chi connectivity index (χ1n) is 8.13. The van der Waals surface area contributed by atoms with E-state index in [0.717, 1.165) is 0 Å². The summed E-state index contributed by atoms with van der Waals surface area (Å²) in [5.41, 5.74) is 4.88. The predicted octanol–water partition coefficient (Wildman–Crippen LogP) is 2.34. The van der Waals surface area contributed by atoms with E-state index in [0.29, 0.717) is 34.1 Å². The van der Waals surface area contributed by atoms with Gasteiger partial charge in [0.15, 0.2) is 11.5 Å². The lowest BCUT2D eigenvalue weighted by Crippen LogP contribution is -2.20. The van der Waals surface area contributed by atoms with E-state index in [1.54, 1.807) is 35.7 Å². The number of hydrazone groups is 1. The molecule has 0 spiro atoms. The second-order valence-electron chi connectivity index (χ2n) is 5.68. The number of benzene rings is 1. The van der Waals surface area contributed by atoms with Gasteiger partial charge in [0.2, 0.25) is 0 Å². The van der Waals surface area contributed by atoms with Crippen LogP contribution in [-0.2, 0) is 4.79 Å². The van der Waals surface area contributed by atoms with Gasteiger partial charge in [-0.15, -0.1) is 0 Å². The topological polar surface area (TPSA) is 94.3 Å². The van der Waals surface area contributed by atoms with Crippen molar-refractivity contribution in [2.45, 2.75) is 13.8 Å². The van der Waals surface area contributed by atoms with Crippen LogP contribution < -0.4 is 14.9 Å². The van der Waals surface area contributed by atoms with E-state index in [-0.39, 0.29) is 5.91 Å². The molecule has 8 nitrogen and oxygen atoms in total. The lowest BCUT2D eigenvalue weighted by Gasteiger charge is -2.08. The van der Waals surface area contributed by atoms with Crippen LogP contribution in [0, 0.1) is 6.92 Å². The number of aryl methyl sites for hydroxylation is 1. The van der Waals surface area contributed by atoms with Crippen molar-refractivity contribution in [1.82, 2.24) is 14.8 Å². The Morgan fingerprint density at radius 3 is 2.78 bits per heavy atom. The number of carbonyl (C=O) groups is 2. The zero-order valence-corrected chi connectivity index (χ0v) is 15.1. The Balaban J connectivity index is 1.76. The molecule has 27 heavy (non-hydrogen) atoms. The number of esters is 1. The Kier molecular flexibility index (Phi) is 5.16. The zero-order chi connectivity index (χ0) is 19.4. The third-order valence-corrected chi connectivity index (χ3v) is 3.74. The van der Waals surface area contributed by atoms with Crippen LogP contribution in [-0.4, -0.2) is 34.6 Å². The highest BCUT2D eigenvalue weighted by atomic mass is 16.6. The minimum atomic E-state index is -0.439. The third kappa shape index (κ3) is 3.95. The molecule has 0 aliphatic carbocycles. The number of rotatable bonds is 5. The lowest BCUT2D eigenvalue weighted by atomic mass is 10.2. The molecular weight excluding hydrogens is 348 g/mol. The first-order valence-corrected chi connectivity index (χ1v) is 8.13. The molecule has 3 rings (SSSR count). The van der Waals surface area contributed by atoms with E-state index in [2.05, 4.69) is 15.5 Å². The Morgan fingerprint density at radius 1 is 1.22 bits per heavy atom. The SMILES string of the molecule is COc1cc(/C=N\NC(=O)c2c(C)nc3ccccn23)ccc1OC(C)=O. The molecule has 0 atom stereocenters. The molecule has 0 unspecified atom stereocenters. The minimum absolute atomic E-state index is 0.313. The van der Waals surface area contributed by atoms with E-state index in [9.17, 15) is 9.59 Å². The second kappa shape index (κ2) is 7.69. The molecule has 8 heteroatoms.